The number of rotatable bonds is 6. The van der Waals surface area contributed by atoms with Crippen LogP contribution in [0, 0.1) is 5.92 Å². The lowest BCUT2D eigenvalue weighted by molar-refractivity contribution is -0.144. The molecule has 1 aliphatic heterocycles. The summed E-state index contributed by atoms with van der Waals surface area (Å²) in [4.78, 5) is 26.5. The van der Waals surface area contributed by atoms with Crippen LogP contribution >= 0.6 is 11.6 Å². The summed E-state index contributed by atoms with van der Waals surface area (Å²) in [5.74, 6) is -1.03. The molecule has 0 bridgehead atoms. The van der Waals surface area contributed by atoms with E-state index in [4.69, 9.17) is 11.6 Å². The van der Waals surface area contributed by atoms with Gasteiger partial charge in [0.15, 0.2) is 5.60 Å². The largest absolute Gasteiger partial charge is 0.395 e. The number of hydrogen-bond acceptors (Lipinski definition) is 5. The van der Waals surface area contributed by atoms with E-state index in [1.165, 1.54) is 6.20 Å². The first-order valence-corrected chi connectivity index (χ1v) is 9.40. The molecule has 27 heavy (non-hydrogen) atoms. The van der Waals surface area contributed by atoms with Crippen molar-refractivity contribution >= 4 is 23.2 Å². The average molecular weight is 392 g/mol. The minimum atomic E-state index is -2.17. The summed E-state index contributed by atoms with van der Waals surface area (Å²) in [6, 6.07) is 0. The van der Waals surface area contributed by atoms with Gasteiger partial charge in [-0.1, -0.05) is 49.6 Å². The Morgan fingerprint density at radius 1 is 1.37 bits per heavy atom. The summed E-state index contributed by atoms with van der Waals surface area (Å²) in [6.45, 7) is 7.56. The van der Waals surface area contributed by atoms with Gasteiger partial charge in [0.25, 0.3) is 0 Å². The minimum Gasteiger partial charge on any atom is -0.395 e. The quantitative estimate of drug-likeness (QED) is 0.537. The normalized spacial score (nSPS) is 25.0. The van der Waals surface area contributed by atoms with Crippen molar-refractivity contribution < 1.29 is 19.8 Å². The number of halogens is 1. The molecule has 0 saturated carbocycles. The Bertz CT molecular complexity index is 799. The van der Waals surface area contributed by atoms with E-state index in [2.05, 4.69) is 19.9 Å². The molecule has 0 aromatic carbocycles. The number of aliphatic hydroxyl groups excluding tert-OH is 1. The summed E-state index contributed by atoms with van der Waals surface area (Å²) < 4.78 is 0. The number of Topliss-reactive ketones (excluding diaryl/α,β-unsaturated/α-hetero) is 2. The first-order valence-electron chi connectivity index (χ1n) is 9.03. The predicted molar refractivity (Wildman–Crippen MR) is 106 cm³/mol. The molecule has 2 rings (SSSR count). The van der Waals surface area contributed by atoms with Gasteiger partial charge >= 0.3 is 0 Å². The number of aliphatic hydroxyl groups is 2. The van der Waals surface area contributed by atoms with Crippen molar-refractivity contribution in [2.75, 3.05) is 13.2 Å². The third kappa shape index (κ3) is 4.32. The number of nitrogens with zero attached hydrogens (tertiary/aromatic N) is 1. The lowest BCUT2D eigenvalue weighted by Crippen LogP contribution is -2.49. The first-order chi connectivity index (χ1) is 12.6. The highest BCUT2D eigenvalue weighted by Gasteiger charge is 2.48. The van der Waals surface area contributed by atoms with Crippen LogP contribution in [0.4, 0.5) is 0 Å². The van der Waals surface area contributed by atoms with Crippen LogP contribution in [0.3, 0.4) is 0 Å². The fraction of sp³-hybridized carbons (Fsp3) is 0.429. The number of hydrogen-bond donors (Lipinski definition) is 2. The molecule has 0 fully saturated rings. The van der Waals surface area contributed by atoms with Gasteiger partial charge in [-0.05, 0) is 31.9 Å². The second kappa shape index (κ2) is 8.38. The first kappa shape index (κ1) is 21.4. The molecular weight excluding hydrogens is 366 g/mol. The molecule has 6 heteroatoms. The molecule has 0 unspecified atom stereocenters. The van der Waals surface area contributed by atoms with Crippen molar-refractivity contribution in [1.29, 1.82) is 0 Å². The Kier molecular flexibility index (Phi) is 6.63. The zero-order valence-corrected chi connectivity index (χ0v) is 16.9. The fourth-order valence-electron chi connectivity index (χ4n) is 2.96. The third-order valence-electron chi connectivity index (χ3n) is 4.81. The van der Waals surface area contributed by atoms with Crippen molar-refractivity contribution in [3.05, 3.63) is 58.0 Å². The molecule has 0 aromatic heterocycles. The van der Waals surface area contributed by atoms with Crippen LogP contribution in [0.25, 0.3) is 0 Å². The van der Waals surface area contributed by atoms with Crippen LogP contribution in [-0.2, 0) is 9.59 Å². The van der Waals surface area contributed by atoms with Gasteiger partial charge < -0.3 is 15.1 Å². The van der Waals surface area contributed by atoms with Gasteiger partial charge in [0, 0.05) is 29.6 Å². The summed E-state index contributed by atoms with van der Waals surface area (Å²) in [6.07, 6.45) is 10.2. The number of allylic oxidation sites excluding steroid dienone is 6. The SMILES string of the molecule is CC[C@H](C)/C=C(C)/C=C/C1=CC2=C(Cl)C(=O)[C@](C)(O)C(=O)C2=CN1CCO. The third-order valence-corrected chi connectivity index (χ3v) is 5.19. The highest BCUT2D eigenvalue weighted by molar-refractivity contribution is 6.49. The maximum absolute atomic E-state index is 12.5. The standard InChI is InChI=1S/C21H26ClNO4/c1-5-13(2)10-14(3)6-7-15-11-16-17(12-23(15)8-9-24)19(25)21(4,27)20(26)18(16)22/h6-7,10-13,24,27H,5,8-9H2,1-4H3/b7-6+,14-10+/t13-,21+/m0/s1. The van der Waals surface area contributed by atoms with Crippen LogP contribution in [0.1, 0.15) is 34.1 Å². The van der Waals surface area contributed by atoms with E-state index in [0.717, 1.165) is 18.9 Å². The molecule has 1 aliphatic carbocycles. The molecular formula is C21H26ClNO4. The summed E-state index contributed by atoms with van der Waals surface area (Å²) in [5, 5.41) is 19.4. The molecule has 0 amide bonds. The highest BCUT2D eigenvalue weighted by atomic mass is 35.5. The number of β-amino-alcohol motifs (C(OH)–C–C–N with tert-alkyl or cyclic N) is 1. The van der Waals surface area contributed by atoms with E-state index in [-0.39, 0.29) is 23.8 Å². The number of carbonyl (C=O) groups is 2. The predicted octanol–water partition coefficient (Wildman–Crippen LogP) is 3.01. The number of carbonyl (C=O) groups excluding carboxylic acids is 2. The maximum atomic E-state index is 12.5. The molecule has 0 aromatic rings. The van der Waals surface area contributed by atoms with Gasteiger partial charge in [0.1, 0.15) is 0 Å². The lowest BCUT2D eigenvalue weighted by atomic mass is 9.79. The number of fused-ring (bicyclic) bond motifs is 1. The van der Waals surface area contributed by atoms with E-state index in [0.29, 0.717) is 17.2 Å². The van der Waals surface area contributed by atoms with Gasteiger partial charge in [-0.15, -0.1) is 0 Å². The monoisotopic (exact) mass is 391 g/mol. The molecule has 2 N–H and O–H groups in total. The van der Waals surface area contributed by atoms with Crippen molar-refractivity contribution in [1.82, 2.24) is 4.90 Å². The Hall–Kier alpha value is -1.95. The van der Waals surface area contributed by atoms with Gasteiger partial charge in [0.05, 0.1) is 11.6 Å². The molecule has 146 valence electrons. The smallest absolute Gasteiger partial charge is 0.214 e. The average Bonchev–Trinajstić information content (AvgIpc) is 2.63. The van der Waals surface area contributed by atoms with Crippen molar-refractivity contribution in [3.8, 4) is 0 Å². The van der Waals surface area contributed by atoms with Crippen molar-refractivity contribution in [2.24, 2.45) is 5.92 Å². The Balaban J connectivity index is 2.47. The van der Waals surface area contributed by atoms with E-state index >= 15 is 0 Å². The molecule has 2 atom stereocenters. The fourth-order valence-corrected chi connectivity index (χ4v) is 3.30. The van der Waals surface area contributed by atoms with Crippen LogP contribution in [-0.4, -0.2) is 45.4 Å². The van der Waals surface area contributed by atoms with Gasteiger partial charge in [-0.2, -0.15) is 0 Å². The zero-order chi connectivity index (χ0) is 20.4. The molecule has 1 heterocycles. The van der Waals surface area contributed by atoms with Crippen molar-refractivity contribution in [3.63, 3.8) is 0 Å². The van der Waals surface area contributed by atoms with Gasteiger partial charge in [-0.3, -0.25) is 9.59 Å². The lowest BCUT2D eigenvalue weighted by Gasteiger charge is -2.33. The topological polar surface area (TPSA) is 77.8 Å². The summed E-state index contributed by atoms with van der Waals surface area (Å²) >= 11 is 6.16. The number of ketones is 2. The Morgan fingerprint density at radius 2 is 2.04 bits per heavy atom. The second-order valence-electron chi connectivity index (χ2n) is 7.12. The van der Waals surface area contributed by atoms with Crippen molar-refractivity contribution in [2.45, 2.75) is 39.7 Å². The summed E-state index contributed by atoms with van der Waals surface area (Å²) in [5.41, 5.74) is 0.0779. The van der Waals surface area contributed by atoms with E-state index < -0.39 is 17.2 Å². The highest BCUT2D eigenvalue weighted by Crippen LogP contribution is 2.37. The van der Waals surface area contributed by atoms with E-state index in [1.807, 2.05) is 19.1 Å². The zero-order valence-electron chi connectivity index (χ0n) is 16.1. The van der Waals surface area contributed by atoms with E-state index in [1.54, 1.807) is 11.0 Å². The Labute approximate surface area is 165 Å². The molecule has 0 spiro atoms. The maximum Gasteiger partial charge on any atom is 0.214 e. The summed E-state index contributed by atoms with van der Waals surface area (Å²) in [7, 11) is 0. The van der Waals surface area contributed by atoms with Crippen LogP contribution in [0.2, 0.25) is 0 Å². The van der Waals surface area contributed by atoms with Crippen LogP contribution in [0.15, 0.2) is 58.0 Å². The van der Waals surface area contributed by atoms with Gasteiger partial charge in [-0.25, -0.2) is 0 Å². The van der Waals surface area contributed by atoms with E-state index in [9.17, 15) is 19.8 Å². The van der Waals surface area contributed by atoms with Crippen LogP contribution < -0.4 is 0 Å². The van der Waals surface area contributed by atoms with Crippen LogP contribution in [0.5, 0.6) is 0 Å². The van der Waals surface area contributed by atoms with Gasteiger partial charge in [0.2, 0.25) is 11.6 Å². The Morgan fingerprint density at radius 3 is 2.63 bits per heavy atom. The molecule has 0 radical (unpaired) electrons. The molecule has 0 saturated heterocycles. The second-order valence-corrected chi connectivity index (χ2v) is 7.49. The minimum absolute atomic E-state index is 0.118. The molecule has 2 aliphatic rings. The molecule has 5 nitrogen and oxygen atoms in total.